The van der Waals surface area contributed by atoms with Crippen molar-refractivity contribution in [3.05, 3.63) is 47.4 Å². The average Bonchev–Trinajstić information content (AvgIpc) is 2.72. The van der Waals surface area contributed by atoms with E-state index in [1.54, 1.807) is 6.20 Å². The molecule has 0 saturated carbocycles. The zero-order valence-electron chi connectivity index (χ0n) is 16.6. The van der Waals surface area contributed by atoms with E-state index in [1.807, 2.05) is 24.8 Å². The summed E-state index contributed by atoms with van der Waals surface area (Å²) in [4.78, 5) is 19.1. The summed E-state index contributed by atoms with van der Waals surface area (Å²) in [6.45, 7) is 5.54. The summed E-state index contributed by atoms with van der Waals surface area (Å²) in [5, 5.41) is 3.70. The Morgan fingerprint density at radius 1 is 1.27 bits per heavy atom. The van der Waals surface area contributed by atoms with Crippen LogP contribution in [0.5, 0.6) is 0 Å². The monoisotopic (exact) mass is 418 g/mol. The van der Waals surface area contributed by atoms with Gasteiger partial charge in [-0.15, -0.1) is 0 Å². The number of hydrogen-bond acceptors (Lipinski definition) is 7. The van der Waals surface area contributed by atoms with Crippen molar-refractivity contribution >= 4 is 22.8 Å². The summed E-state index contributed by atoms with van der Waals surface area (Å²) in [7, 11) is 0. The van der Waals surface area contributed by atoms with Gasteiger partial charge in [0.1, 0.15) is 11.5 Å². The minimum Gasteiger partial charge on any atom is -0.377 e. The van der Waals surface area contributed by atoms with Crippen LogP contribution in [0.2, 0.25) is 0 Å². The fraction of sp³-hybridized carbons (Fsp3) is 0.400. The van der Waals surface area contributed by atoms with E-state index in [9.17, 15) is 13.2 Å². The molecule has 0 spiro atoms. The van der Waals surface area contributed by atoms with E-state index in [4.69, 9.17) is 4.74 Å². The third-order valence-corrected chi connectivity index (χ3v) is 4.91. The number of fused-ring (bicyclic) bond motifs is 1. The number of aromatic nitrogens is 4. The lowest BCUT2D eigenvalue weighted by molar-refractivity contribution is -0.141. The first-order chi connectivity index (χ1) is 14.3. The van der Waals surface area contributed by atoms with Crippen LogP contribution in [0, 0.1) is 6.92 Å². The van der Waals surface area contributed by atoms with Gasteiger partial charge in [0.25, 0.3) is 0 Å². The number of ether oxygens (including phenoxy) is 1. The Bertz CT molecular complexity index is 1060. The van der Waals surface area contributed by atoms with Crippen molar-refractivity contribution in [3.8, 4) is 0 Å². The van der Waals surface area contributed by atoms with Gasteiger partial charge in [0.2, 0.25) is 5.95 Å². The molecule has 7 nitrogen and oxygen atoms in total. The third-order valence-electron chi connectivity index (χ3n) is 4.91. The Kier molecular flexibility index (Phi) is 5.42. The van der Waals surface area contributed by atoms with Gasteiger partial charge in [0.05, 0.1) is 24.6 Å². The molecule has 4 heterocycles. The van der Waals surface area contributed by atoms with Crippen LogP contribution < -0.4 is 10.2 Å². The Labute approximate surface area is 171 Å². The van der Waals surface area contributed by atoms with Crippen molar-refractivity contribution in [2.24, 2.45) is 0 Å². The molecular weight excluding hydrogens is 397 g/mol. The van der Waals surface area contributed by atoms with Crippen molar-refractivity contribution in [1.29, 1.82) is 0 Å². The molecule has 3 aromatic heterocycles. The first kappa shape index (κ1) is 20.3. The number of morpholine rings is 1. The minimum absolute atomic E-state index is 0.0404. The van der Waals surface area contributed by atoms with Gasteiger partial charge in [0, 0.05) is 31.0 Å². The lowest BCUT2D eigenvalue weighted by Gasteiger charge is -2.33. The lowest BCUT2D eigenvalue weighted by Crippen LogP contribution is -2.44. The Morgan fingerprint density at radius 2 is 2.10 bits per heavy atom. The Morgan fingerprint density at radius 3 is 2.87 bits per heavy atom. The molecule has 0 aliphatic carbocycles. The third kappa shape index (κ3) is 4.13. The molecule has 158 valence electrons. The summed E-state index contributed by atoms with van der Waals surface area (Å²) < 4.78 is 45.3. The molecule has 1 N–H and O–H groups in total. The number of anilines is 2. The average molecular weight is 418 g/mol. The molecule has 30 heavy (non-hydrogen) atoms. The number of halogens is 3. The van der Waals surface area contributed by atoms with Crippen LogP contribution in [0.15, 0.2) is 30.6 Å². The number of rotatable bonds is 4. The molecule has 3 aromatic rings. The summed E-state index contributed by atoms with van der Waals surface area (Å²) in [5.74, 6) is 0.904. The van der Waals surface area contributed by atoms with Crippen LogP contribution in [0.1, 0.15) is 23.7 Å². The smallest absolute Gasteiger partial charge is 0.377 e. The zero-order chi connectivity index (χ0) is 21.3. The van der Waals surface area contributed by atoms with E-state index < -0.39 is 11.9 Å². The molecule has 0 bridgehead atoms. The highest BCUT2D eigenvalue weighted by atomic mass is 19.4. The van der Waals surface area contributed by atoms with Crippen molar-refractivity contribution in [2.45, 2.75) is 32.6 Å². The first-order valence-corrected chi connectivity index (χ1v) is 9.56. The van der Waals surface area contributed by atoms with Crippen molar-refractivity contribution in [1.82, 2.24) is 19.9 Å². The summed E-state index contributed by atoms with van der Waals surface area (Å²) in [6.07, 6.45) is -1.69. The molecule has 0 radical (unpaired) electrons. The largest absolute Gasteiger partial charge is 0.433 e. The molecule has 1 aliphatic rings. The van der Waals surface area contributed by atoms with Crippen LogP contribution in [-0.2, 0) is 17.5 Å². The Hall–Kier alpha value is -3.01. The number of nitrogens with zero attached hydrogens (tertiary/aromatic N) is 5. The summed E-state index contributed by atoms with van der Waals surface area (Å²) >= 11 is 0. The van der Waals surface area contributed by atoms with Gasteiger partial charge in [-0.3, -0.25) is 4.98 Å². The number of nitrogens with one attached hydrogen (secondary N) is 1. The second-order valence-corrected chi connectivity index (χ2v) is 7.24. The normalized spacial score (nSPS) is 17.4. The standard InChI is InChI=1S/C20H21F3N6O/c1-12-8-15-17(25-9-12)27-19(29-6-7-30-11-13(29)2)28-18(15)26-10-14-4-3-5-24-16(14)20(21,22)23/h3-5,8-9,13H,6-7,10-11H2,1-2H3,(H,25,26,27,28). The molecular formula is C20H21F3N6O. The minimum atomic E-state index is -4.53. The van der Waals surface area contributed by atoms with Crippen LogP contribution in [-0.4, -0.2) is 45.7 Å². The second-order valence-electron chi connectivity index (χ2n) is 7.24. The van der Waals surface area contributed by atoms with Crippen LogP contribution in [0.3, 0.4) is 0 Å². The lowest BCUT2D eigenvalue weighted by atomic mass is 10.1. The second kappa shape index (κ2) is 8.02. The molecule has 1 unspecified atom stereocenters. The first-order valence-electron chi connectivity index (χ1n) is 9.56. The number of hydrogen-bond donors (Lipinski definition) is 1. The van der Waals surface area contributed by atoms with Gasteiger partial charge >= 0.3 is 6.18 Å². The van der Waals surface area contributed by atoms with E-state index in [0.29, 0.717) is 42.6 Å². The zero-order valence-corrected chi connectivity index (χ0v) is 16.6. The van der Waals surface area contributed by atoms with Crippen LogP contribution >= 0.6 is 0 Å². The molecule has 0 amide bonds. The number of aryl methyl sites for hydroxylation is 1. The molecule has 1 aliphatic heterocycles. The molecule has 10 heteroatoms. The van der Waals surface area contributed by atoms with Gasteiger partial charge < -0.3 is 15.0 Å². The SMILES string of the molecule is Cc1cnc2nc(N3CCOCC3C)nc(NCc3cccnc3C(F)(F)F)c2c1. The van der Waals surface area contributed by atoms with Crippen LogP contribution in [0.25, 0.3) is 11.0 Å². The summed E-state index contributed by atoms with van der Waals surface area (Å²) in [6, 6.07) is 4.83. The van der Waals surface area contributed by atoms with E-state index >= 15 is 0 Å². The predicted octanol–water partition coefficient (Wildman–Crippen LogP) is 3.58. The van der Waals surface area contributed by atoms with Crippen molar-refractivity contribution < 1.29 is 17.9 Å². The maximum Gasteiger partial charge on any atom is 0.433 e. The fourth-order valence-corrected chi connectivity index (χ4v) is 3.41. The van der Waals surface area contributed by atoms with Crippen LogP contribution in [0.4, 0.5) is 24.9 Å². The predicted molar refractivity (Wildman–Crippen MR) is 106 cm³/mol. The highest BCUT2D eigenvalue weighted by Gasteiger charge is 2.35. The van der Waals surface area contributed by atoms with Gasteiger partial charge in [-0.1, -0.05) is 6.07 Å². The van der Waals surface area contributed by atoms with Gasteiger partial charge in [-0.2, -0.15) is 23.1 Å². The summed E-state index contributed by atoms with van der Waals surface area (Å²) in [5.41, 5.74) is 0.513. The molecule has 1 saturated heterocycles. The van der Waals surface area contributed by atoms with E-state index in [2.05, 4.69) is 25.3 Å². The molecule has 4 rings (SSSR count). The van der Waals surface area contributed by atoms with E-state index in [-0.39, 0.29) is 18.2 Å². The topological polar surface area (TPSA) is 76.1 Å². The molecule has 1 fully saturated rings. The van der Waals surface area contributed by atoms with Crippen molar-refractivity contribution in [3.63, 3.8) is 0 Å². The van der Waals surface area contributed by atoms with Crippen molar-refractivity contribution in [2.75, 3.05) is 30.0 Å². The van der Waals surface area contributed by atoms with E-state index in [1.165, 1.54) is 12.1 Å². The van der Waals surface area contributed by atoms with Gasteiger partial charge in [0.15, 0.2) is 5.65 Å². The number of alkyl halides is 3. The van der Waals surface area contributed by atoms with Gasteiger partial charge in [-0.25, -0.2) is 4.98 Å². The quantitative estimate of drug-likeness (QED) is 0.694. The maximum absolute atomic E-state index is 13.3. The van der Waals surface area contributed by atoms with E-state index in [0.717, 1.165) is 11.8 Å². The highest BCUT2D eigenvalue weighted by Crippen LogP contribution is 2.31. The van der Waals surface area contributed by atoms with Gasteiger partial charge in [-0.05, 0) is 31.5 Å². The fourth-order valence-electron chi connectivity index (χ4n) is 3.41. The Balaban J connectivity index is 1.72. The highest BCUT2D eigenvalue weighted by molar-refractivity contribution is 5.88. The number of pyridine rings is 2. The molecule has 1 atom stereocenters. The maximum atomic E-state index is 13.3. The molecule has 0 aromatic carbocycles.